The Kier molecular flexibility index (Phi) is 8.57. The molecular weight excluding hydrogens is 450 g/mol. The van der Waals surface area contributed by atoms with Crippen molar-refractivity contribution in [2.24, 2.45) is 0 Å². The zero-order valence-corrected chi connectivity index (χ0v) is 19.4. The topological polar surface area (TPSA) is 106 Å². The van der Waals surface area contributed by atoms with Crippen molar-refractivity contribution in [1.82, 2.24) is 10.0 Å². The number of sulfonamides is 1. The van der Waals surface area contributed by atoms with Crippen molar-refractivity contribution in [2.45, 2.75) is 37.2 Å². The summed E-state index contributed by atoms with van der Waals surface area (Å²) in [5, 5.41) is 5.58. The highest BCUT2D eigenvalue weighted by molar-refractivity contribution is 7.89. The Labute approximate surface area is 193 Å². The molecule has 0 saturated carbocycles. The van der Waals surface area contributed by atoms with Gasteiger partial charge in [-0.25, -0.2) is 13.1 Å². The smallest absolute Gasteiger partial charge is 0.257 e. The molecule has 0 radical (unpaired) electrons. The molecule has 172 valence electrons. The van der Waals surface area contributed by atoms with Gasteiger partial charge in [-0.15, -0.1) is 0 Å². The van der Waals surface area contributed by atoms with Gasteiger partial charge in [0.2, 0.25) is 10.0 Å². The Morgan fingerprint density at radius 2 is 2.00 bits per heavy atom. The molecule has 1 unspecified atom stereocenters. The van der Waals surface area contributed by atoms with Crippen LogP contribution in [0.4, 0.5) is 5.69 Å². The standard InChI is InChI=1S/C22H27N3O5S2/c1-2-12-29-18-6-3-5-16(14-18)21(26)25-22(31)24-17-8-10-20(11-9-17)32(27,28)23-15-19-7-4-13-30-19/h3,5-6,8-11,14,19,23H,2,4,7,12-13,15H2,1H3,(H2,24,25,26,31). The van der Waals surface area contributed by atoms with E-state index in [1.807, 2.05) is 6.92 Å². The molecule has 0 aromatic heterocycles. The van der Waals surface area contributed by atoms with Crippen LogP contribution >= 0.6 is 12.2 Å². The number of anilines is 1. The van der Waals surface area contributed by atoms with Crippen LogP contribution in [-0.2, 0) is 14.8 Å². The second-order valence-corrected chi connectivity index (χ2v) is 9.47. The van der Waals surface area contributed by atoms with E-state index in [1.165, 1.54) is 12.1 Å². The molecule has 2 aromatic carbocycles. The lowest BCUT2D eigenvalue weighted by molar-refractivity contribution is 0.0977. The Bertz CT molecular complexity index is 1040. The van der Waals surface area contributed by atoms with Gasteiger partial charge in [-0.1, -0.05) is 13.0 Å². The molecule has 1 aliphatic rings. The molecular formula is C22H27N3O5S2. The highest BCUT2D eigenvalue weighted by atomic mass is 32.2. The van der Waals surface area contributed by atoms with Crippen molar-refractivity contribution >= 4 is 38.9 Å². The molecule has 0 bridgehead atoms. The van der Waals surface area contributed by atoms with Gasteiger partial charge in [-0.2, -0.15) is 0 Å². The van der Waals surface area contributed by atoms with Gasteiger partial charge in [0.05, 0.1) is 17.6 Å². The lowest BCUT2D eigenvalue weighted by atomic mass is 10.2. The third kappa shape index (κ3) is 6.99. The zero-order chi connectivity index (χ0) is 23.0. The molecule has 1 fully saturated rings. The van der Waals surface area contributed by atoms with E-state index in [4.69, 9.17) is 21.7 Å². The Morgan fingerprint density at radius 3 is 2.69 bits per heavy atom. The number of nitrogens with one attached hydrogen (secondary N) is 3. The predicted octanol–water partition coefficient (Wildman–Crippen LogP) is 3.06. The second-order valence-electron chi connectivity index (χ2n) is 7.30. The first-order valence-corrected chi connectivity index (χ1v) is 12.3. The van der Waals surface area contributed by atoms with E-state index in [2.05, 4.69) is 15.4 Å². The lowest BCUT2D eigenvalue weighted by Crippen LogP contribution is -2.34. The van der Waals surface area contributed by atoms with Gasteiger partial charge >= 0.3 is 0 Å². The molecule has 1 heterocycles. The number of rotatable bonds is 9. The number of thiocarbonyl (C=S) groups is 1. The SMILES string of the molecule is CCCOc1cccc(C(=O)NC(=S)Nc2ccc(S(=O)(=O)NCC3CCCO3)cc2)c1. The largest absolute Gasteiger partial charge is 0.494 e. The minimum Gasteiger partial charge on any atom is -0.494 e. The van der Waals surface area contributed by atoms with Crippen LogP contribution in [0.2, 0.25) is 0 Å². The first-order valence-electron chi connectivity index (χ1n) is 10.4. The molecule has 1 saturated heterocycles. The summed E-state index contributed by atoms with van der Waals surface area (Å²) in [5.41, 5.74) is 0.968. The summed E-state index contributed by atoms with van der Waals surface area (Å²) in [7, 11) is -3.63. The number of carbonyl (C=O) groups is 1. The lowest BCUT2D eigenvalue weighted by Gasteiger charge is -2.13. The van der Waals surface area contributed by atoms with Gasteiger partial charge < -0.3 is 14.8 Å². The summed E-state index contributed by atoms with van der Waals surface area (Å²) in [6.07, 6.45) is 2.59. The maximum Gasteiger partial charge on any atom is 0.257 e. The summed E-state index contributed by atoms with van der Waals surface area (Å²) in [4.78, 5) is 12.6. The van der Waals surface area contributed by atoms with E-state index in [9.17, 15) is 13.2 Å². The van der Waals surface area contributed by atoms with E-state index in [1.54, 1.807) is 36.4 Å². The van der Waals surface area contributed by atoms with Gasteiger partial charge in [-0.05, 0) is 73.9 Å². The van der Waals surface area contributed by atoms with Crippen molar-refractivity contribution in [1.29, 1.82) is 0 Å². The molecule has 8 nitrogen and oxygen atoms in total. The van der Waals surface area contributed by atoms with Crippen molar-refractivity contribution in [2.75, 3.05) is 25.1 Å². The van der Waals surface area contributed by atoms with E-state index < -0.39 is 10.0 Å². The third-order valence-electron chi connectivity index (χ3n) is 4.74. The fourth-order valence-electron chi connectivity index (χ4n) is 3.09. The Morgan fingerprint density at radius 1 is 1.22 bits per heavy atom. The molecule has 3 rings (SSSR count). The molecule has 10 heteroatoms. The van der Waals surface area contributed by atoms with Gasteiger partial charge in [0, 0.05) is 24.4 Å². The van der Waals surface area contributed by atoms with Crippen molar-refractivity contribution in [3.05, 3.63) is 54.1 Å². The van der Waals surface area contributed by atoms with E-state index in [-0.39, 0.29) is 28.6 Å². The first kappa shape index (κ1) is 24.1. The summed E-state index contributed by atoms with van der Waals surface area (Å²) in [6, 6.07) is 12.9. The van der Waals surface area contributed by atoms with Crippen LogP contribution < -0.4 is 20.1 Å². The van der Waals surface area contributed by atoms with E-state index >= 15 is 0 Å². The summed E-state index contributed by atoms with van der Waals surface area (Å²) in [5.74, 6) is 0.241. The zero-order valence-electron chi connectivity index (χ0n) is 17.8. The minimum absolute atomic E-state index is 0.0781. The molecule has 32 heavy (non-hydrogen) atoms. The van der Waals surface area contributed by atoms with Crippen LogP contribution in [0, 0.1) is 0 Å². The predicted molar refractivity (Wildman–Crippen MR) is 127 cm³/mol. The number of carbonyl (C=O) groups excluding carboxylic acids is 1. The van der Waals surface area contributed by atoms with Crippen molar-refractivity contribution in [3.63, 3.8) is 0 Å². The van der Waals surface area contributed by atoms with Crippen LogP contribution in [-0.4, -0.2) is 45.3 Å². The number of ether oxygens (including phenoxy) is 2. The highest BCUT2D eigenvalue weighted by Crippen LogP contribution is 2.16. The number of amides is 1. The first-order chi connectivity index (χ1) is 15.4. The Hall–Kier alpha value is -2.53. The summed E-state index contributed by atoms with van der Waals surface area (Å²) >= 11 is 5.21. The molecule has 3 N–H and O–H groups in total. The number of benzene rings is 2. The maximum atomic E-state index is 12.4. The van der Waals surface area contributed by atoms with Crippen molar-refractivity contribution < 1.29 is 22.7 Å². The molecule has 1 aliphatic heterocycles. The average Bonchev–Trinajstić information content (AvgIpc) is 3.31. The van der Waals surface area contributed by atoms with Crippen LogP contribution in [0.1, 0.15) is 36.5 Å². The molecule has 1 amide bonds. The van der Waals surface area contributed by atoms with Crippen molar-refractivity contribution in [3.8, 4) is 5.75 Å². The molecule has 2 aromatic rings. The monoisotopic (exact) mass is 477 g/mol. The van der Waals surface area contributed by atoms with Gasteiger partial charge in [-0.3, -0.25) is 10.1 Å². The second kappa shape index (κ2) is 11.4. The van der Waals surface area contributed by atoms with Crippen LogP contribution in [0.15, 0.2) is 53.4 Å². The van der Waals surface area contributed by atoms with Gasteiger partial charge in [0.25, 0.3) is 5.91 Å². The van der Waals surface area contributed by atoms with Gasteiger partial charge in [0.15, 0.2) is 5.11 Å². The maximum absolute atomic E-state index is 12.4. The molecule has 0 spiro atoms. The normalized spacial score (nSPS) is 15.8. The summed E-state index contributed by atoms with van der Waals surface area (Å²) < 4.78 is 38.4. The van der Waals surface area contributed by atoms with Gasteiger partial charge in [0.1, 0.15) is 5.75 Å². The van der Waals surface area contributed by atoms with Crippen LogP contribution in [0.5, 0.6) is 5.75 Å². The highest BCUT2D eigenvalue weighted by Gasteiger charge is 2.20. The van der Waals surface area contributed by atoms with E-state index in [0.717, 1.165) is 19.3 Å². The van der Waals surface area contributed by atoms with Crippen LogP contribution in [0.25, 0.3) is 0 Å². The minimum atomic E-state index is -3.63. The fraction of sp³-hybridized carbons (Fsp3) is 0.364. The quantitative estimate of drug-likeness (QED) is 0.477. The number of hydrogen-bond donors (Lipinski definition) is 3. The number of hydrogen-bond acceptors (Lipinski definition) is 6. The Balaban J connectivity index is 1.53. The van der Waals surface area contributed by atoms with E-state index in [0.29, 0.717) is 30.2 Å². The fourth-order valence-corrected chi connectivity index (χ4v) is 4.37. The molecule has 1 atom stereocenters. The molecule has 0 aliphatic carbocycles. The summed E-state index contributed by atoms with van der Waals surface area (Å²) in [6.45, 7) is 3.50. The average molecular weight is 478 g/mol. The van der Waals surface area contributed by atoms with Crippen LogP contribution in [0.3, 0.4) is 0 Å². The third-order valence-corrected chi connectivity index (χ3v) is 6.39.